The van der Waals surface area contributed by atoms with E-state index in [1.54, 1.807) is 7.11 Å². The van der Waals surface area contributed by atoms with Crippen LogP contribution in [0.3, 0.4) is 0 Å². The molecule has 26 heavy (non-hydrogen) atoms. The Morgan fingerprint density at radius 1 is 1.19 bits per heavy atom. The molecule has 0 radical (unpaired) electrons. The molecular weight excluding hydrogens is 324 g/mol. The van der Waals surface area contributed by atoms with Crippen molar-refractivity contribution < 1.29 is 4.74 Å². The van der Waals surface area contributed by atoms with E-state index >= 15 is 0 Å². The van der Waals surface area contributed by atoms with Crippen LogP contribution in [0.1, 0.15) is 36.1 Å². The zero-order chi connectivity index (χ0) is 17.9. The van der Waals surface area contributed by atoms with E-state index in [0.29, 0.717) is 12.0 Å². The summed E-state index contributed by atoms with van der Waals surface area (Å²) in [6, 6.07) is 9.02. The minimum absolute atomic E-state index is 0.580. The molecule has 2 aromatic rings. The summed E-state index contributed by atoms with van der Waals surface area (Å²) < 4.78 is 7.72. The lowest BCUT2D eigenvalue weighted by atomic mass is 9.94. The van der Waals surface area contributed by atoms with E-state index in [-0.39, 0.29) is 0 Å². The van der Waals surface area contributed by atoms with Crippen molar-refractivity contribution in [2.24, 2.45) is 5.92 Å². The molecule has 140 valence electrons. The average Bonchev–Trinajstić information content (AvgIpc) is 3.27. The van der Waals surface area contributed by atoms with E-state index in [2.05, 4.69) is 51.4 Å². The summed E-state index contributed by atoms with van der Waals surface area (Å²) >= 11 is 0. The number of ether oxygens (including phenoxy) is 1. The Balaban J connectivity index is 1.40. The molecule has 2 aliphatic rings. The van der Waals surface area contributed by atoms with Gasteiger partial charge in [-0.25, -0.2) is 0 Å². The Labute approximate surface area is 156 Å². The molecule has 0 bridgehead atoms. The van der Waals surface area contributed by atoms with E-state index in [0.717, 1.165) is 38.3 Å². The second-order valence-electron chi connectivity index (χ2n) is 7.77. The van der Waals surface area contributed by atoms with Crippen LogP contribution in [-0.4, -0.2) is 41.4 Å². The van der Waals surface area contributed by atoms with E-state index < -0.39 is 0 Å². The first-order chi connectivity index (χ1) is 12.7. The molecule has 1 N–H and O–H groups in total. The highest BCUT2D eigenvalue weighted by Gasteiger charge is 2.28. The second kappa shape index (κ2) is 7.80. The molecule has 5 nitrogen and oxygen atoms in total. The minimum atomic E-state index is 0.580. The molecule has 2 heterocycles. The van der Waals surface area contributed by atoms with Crippen molar-refractivity contribution in [3.63, 3.8) is 0 Å². The maximum atomic E-state index is 5.55. The molecule has 1 fully saturated rings. The monoisotopic (exact) mass is 354 g/mol. The minimum Gasteiger partial charge on any atom is -0.496 e. The Hall–Kier alpha value is -1.85. The smallest absolute Gasteiger partial charge is 0.122 e. The summed E-state index contributed by atoms with van der Waals surface area (Å²) in [5.74, 6) is 1.70. The van der Waals surface area contributed by atoms with Gasteiger partial charge in [0.05, 0.1) is 25.5 Å². The molecule has 1 aromatic carbocycles. The van der Waals surface area contributed by atoms with Gasteiger partial charge in [0.2, 0.25) is 0 Å². The van der Waals surface area contributed by atoms with Gasteiger partial charge in [-0.3, -0.25) is 9.58 Å². The summed E-state index contributed by atoms with van der Waals surface area (Å²) in [5, 5.41) is 8.42. The van der Waals surface area contributed by atoms with Crippen molar-refractivity contribution in [2.45, 2.75) is 51.4 Å². The third-order valence-corrected chi connectivity index (χ3v) is 6.04. The molecule has 2 atom stereocenters. The van der Waals surface area contributed by atoms with E-state index in [4.69, 9.17) is 4.74 Å². The van der Waals surface area contributed by atoms with E-state index in [1.807, 2.05) is 6.07 Å². The molecule has 5 heteroatoms. The molecular formula is C21H30N4O. The maximum absolute atomic E-state index is 5.55. The zero-order valence-electron chi connectivity index (χ0n) is 15.9. The first kappa shape index (κ1) is 17.6. The molecule has 1 aliphatic carbocycles. The Morgan fingerprint density at radius 3 is 2.96 bits per heavy atom. The number of rotatable bonds is 6. The van der Waals surface area contributed by atoms with Crippen LogP contribution in [0.4, 0.5) is 0 Å². The van der Waals surface area contributed by atoms with Crippen LogP contribution in [0.5, 0.6) is 5.75 Å². The number of fused-ring (bicyclic) bond motifs is 1. The second-order valence-corrected chi connectivity index (χ2v) is 7.77. The molecule has 0 saturated heterocycles. The number of aromatic nitrogens is 2. The van der Waals surface area contributed by atoms with E-state index in [1.165, 1.54) is 36.1 Å². The predicted molar refractivity (Wildman–Crippen MR) is 103 cm³/mol. The Bertz CT molecular complexity index is 741. The predicted octanol–water partition coefficient (Wildman–Crippen LogP) is 2.84. The quantitative estimate of drug-likeness (QED) is 0.866. The van der Waals surface area contributed by atoms with Crippen molar-refractivity contribution in [3.05, 3.63) is 47.3 Å². The number of nitrogens with one attached hydrogen (secondary N) is 1. The van der Waals surface area contributed by atoms with Crippen molar-refractivity contribution >= 4 is 0 Å². The lowest BCUT2D eigenvalue weighted by Gasteiger charge is -2.25. The van der Waals surface area contributed by atoms with Crippen molar-refractivity contribution in [1.29, 1.82) is 0 Å². The number of hydrogen-bond donors (Lipinski definition) is 1. The van der Waals surface area contributed by atoms with Gasteiger partial charge >= 0.3 is 0 Å². The van der Waals surface area contributed by atoms with Crippen LogP contribution in [0.2, 0.25) is 0 Å². The van der Waals surface area contributed by atoms with Gasteiger partial charge in [0.1, 0.15) is 5.75 Å². The topological polar surface area (TPSA) is 42.3 Å². The largest absolute Gasteiger partial charge is 0.496 e. The SMILES string of the molecule is COc1ccccc1CC1CCCC1NCc1cnn2c1CN(C)CC2. The number of nitrogens with zero attached hydrogens (tertiary/aromatic N) is 3. The first-order valence-corrected chi connectivity index (χ1v) is 9.82. The van der Waals surface area contributed by atoms with Gasteiger partial charge in [0.25, 0.3) is 0 Å². The van der Waals surface area contributed by atoms with Crippen LogP contribution in [0.15, 0.2) is 30.5 Å². The average molecular weight is 354 g/mol. The summed E-state index contributed by atoms with van der Waals surface area (Å²) in [4.78, 5) is 2.38. The lowest BCUT2D eigenvalue weighted by molar-refractivity contribution is 0.257. The van der Waals surface area contributed by atoms with Crippen molar-refractivity contribution in [3.8, 4) is 5.75 Å². The van der Waals surface area contributed by atoms with Gasteiger partial charge in [0, 0.05) is 31.2 Å². The van der Waals surface area contributed by atoms with Crippen LogP contribution < -0.4 is 10.1 Å². The number of hydrogen-bond acceptors (Lipinski definition) is 4. The first-order valence-electron chi connectivity index (χ1n) is 9.82. The summed E-state index contributed by atoms with van der Waals surface area (Å²) in [6.07, 6.45) is 7.03. The van der Waals surface area contributed by atoms with Crippen LogP contribution in [0.25, 0.3) is 0 Å². The van der Waals surface area contributed by atoms with Gasteiger partial charge < -0.3 is 10.1 Å². The normalized spacial score (nSPS) is 23.2. The number of methoxy groups -OCH3 is 1. The summed E-state index contributed by atoms with van der Waals surface area (Å²) in [5.41, 5.74) is 4.07. The molecule has 0 spiro atoms. The lowest BCUT2D eigenvalue weighted by Crippen LogP contribution is -2.34. The molecule has 2 unspecified atom stereocenters. The summed E-state index contributed by atoms with van der Waals surface area (Å²) in [6.45, 7) is 4.03. The number of likely N-dealkylation sites (N-methyl/N-ethyl adjacent to an activating group) is 1. The van der Waals surface area contributed by atoms with Crippen molar-refractivity contribution in [2.75, 3.05) is 20.7 Å². The number of para-hydroxylation sites is 1. The molecule has 1 aliphatic heterocycles. The Kier molecular flexibility index (Phi) is 5.27. The third-order valence-electron chi connectivity index (χ3n) is 6.04. The van der Waals surface area contributed by atoms with Gasteiger partial charge in [-0.2, -0.15) is 5.10 Å². The fourth-order valence-corrected chi connectivity index (χ4v) is 4.52. The Morgan fingerprint density at radius 2 is 2.08 bits per heavy atom. The molecule has 4 rings (SSSR count). The highest BCUT2D eigenvalue weighted by atomic mass is 16.5. The zero-order valence-corrected chi connectivity index (χ0v) is 15.9. The third kappa shape index (κ3) is 3.64. The van der Waals surface area contributed by atoms with Gasteiger partial charge in [-0.1, -0.05) is 24.6 Å². The van der Waals surface area contributed by atoms with Crippen molar-refractivity contribution in [1.82, 2.24) is 20.0 Å². The van der Waals surface area contributed by atoms with Crippen LogP contribution in [0, 0.1) is 5.92 Å². The fourth-order valence-electron chi connectivity index (χ4n) is 4.52. The molecule has 1 aromatic heterocycles. The highest BCUT2D eigenvalue weighted by Crippen LogP contribution is 2.32. The van der Waals surface area contributed by atoms with Gasteiger partial charge in [-0.15, -0.1) is 0 Å². The summed E-state index contributed by atoms with van der Waals surface area (Å²) in [7, 11) is 3.96. The van der Waals surface area contributed by atoms with E-state index in [9.17, 15) is 0 Å². The molecule has 1 saturated carbocycles. The highest BCUT2D eigenvalue weighted by molar-refractivity contribution is 5.33. The van der Waals surface area contributed by atoms with Gasteiger partial charge in [0.15, 0.2) is 0 Å². The number of benzene rings is 1. The standard InChI is InChI=1S/C21H30N4O/c1-24-10-11-25-20(15-24)18(14-23-25)13-22-19-8-5-7-16(19)12-17-6-3-4-9-21(17)26-2/h3-4,6,9,14,16,19,22H,5,7-8,10-13,15H2,1-2H3. The van der Waals surface area contributed by atoms with Gasteiger partial charge in [-0.05, 0) is 43.9 Å². The maximum Gasteiger partial charge on any atom is 0.122 e. The van der Waals surface area contributed by atoms with Crippen LogP contribution >= 0.6 is 0 Å². The molecule has 0 amide bonds. The fraction of sp³-hybridized carbons (Fsp3) is 0.571. The van der Waals surface area contributed by atoms with Crippen LogP contribution in [-0.2, 0) is 26.1 Å².